The average molecular weight is 399 g/mol. The molecule has 1 saturated heterocycles. The van der Waals surface area contributed by atoms with Crippen LogP contribution in [0.25, 0.3) is 0 Å². The summed E-state index contributed by atoms with van der Waals surface area (Å²) in [6, 6.07) is 1.67. The standard InChI is InChI=1S/C19H25N7O3/c1-13-9-26-15(10-24(13)18(28)29-19(2,3)4)14(8-22-26)25-12-23(11-16(25)27)17-20-6-5-7-21-17/h5-8,13H,9-12H2,1-4H3/t13-/m0/s1. The molecule has 2 aliphatic heterocycles. The molecule has 0 unspecified atom stereocenters. The Morgan fingerprint density at radius 3 is 2.62 bits per heavy atom. The molecule has 29 heavy (non-hydrogen) atoms. The first-order valence-electron chi connectivity index (χ1n) is 9.59. The minimum Gasteiger partial charge on any atom is -0.444 e. The van der Waals surface area contributed by atoms with Gasteiger partial charge < -0.3 is 9.64 Å². The highest BCUT2D eigenvalue weighted by molar-refractivity contribution is 6.00. The third-order valence-corrected chi connectivity index (χ3v) is 4.91. The molecule has 10 nitrogen and oxygen atoms in total. The van der Waals surface area contributed by atoms with Gasteiger partial charge in [0.2, 0.25) is 11.9 Å². The fourth-order valence-electron chi connectivity index (χ4n) is 3.52. The number of hydrogen-bond acceptors (Lipinski definition) is 7. The molecule has 0 saturated carbocycles. The molecule has 2 aliphatic rings. The van der Waals surface area contributed by atoms with Crippen molar-refractivity contribution >= 4 is 23.6 Å². The Balaban J connectivity index is 1.56. The minimum absolute atomic E-state index is 0.0595. The maximum absolute atomic E-state index is 12.7. The summed E-state index contributed by atoms with van der Waals surface area (Å²) in [6.45, 7) is 8.90. The van der Waals surface area contributed by atoms with Gasteiger partial charge in [-0.05, 0) is 33.8 Å². The quantitative estimate of drug-likeness (QED) is 0.757. The van der Waals surface area contributed by atoms with E-state index in [-0.39, 0.29) is 24.6 Å². The Morgan fingerprint density at radius 1 is 1.21 bits per heavy atom. The van der Waals surface area contributed by atoms with Crippen molar-refractivity contribution in [3.63, 3.8) is 0 Å². The first-order chi connectivity index (χ1) is 13.7. The number of carbonyl (C=O) groups excluding carboxylic acids is 2. The van der Waals surface area contributed by atoms with Gasteiger partial charge in [-0.1, -0.05) is 0 Å². The van der Waals surface area contributed by atoms with Gasteiger partial charge in [0, 0.05) is 12.4 Å². The third-order valence-electron chi connectivity index (χ3n) is 4.91. The lowest BCUT2D eigenvalue weighted by Crippen LogP contribution is -2.47. The summed E-state index contributed by atoms with van der Waals surface area (Å²) in [5.41, 5.74) is 0.949. The van der Waals surface area contributed by atoms with Crippen molar-refractivity contribution in [2.75, 3.05) is 23.0 Å². The Labute approximate surface area is 169 Å². The predicted molar refractivity (Wildman–Crippen MR) is 105 cm³/mol. The molecule has 0 aliphatic carbocycles. The maximum atomic E-state index is 12.7. The molecule has 0 aromatic carbocycles. The zero-order valence-electron chi connectivity index (χ0n) is 17.1. The number of ether oxygens (including phenoxy) is 1. The number of carbonyl (C=O) groups is 2. The second-order valence-corrected chi connectivity index (χ2v) is 8.33. The first-order valence-corrected chi connectivity index (χ1v) is 9.59. The summed E-state index contributed by atoms with van der Waals surface area (Å²) in [7, 11) is 0. The summed E-state index contributed by atoms with van der Waals surface area (Å²) in [6.07, 6.45) is 4.62. The zero-order valence-corrected chi connectivity index (χ0v) is 17.1. The van der Waals surface area contributed by atoms with Crippen molar-refractivity contribution in [1.82, 2.24) is 24.6 Å². The molecule has 4 rings (SSSR count). The number of hydrogen-bond donors (Lipinski definition) is 0. The monoisotopic (exact) mass is 399 g/mol. The normalized spacial score (nSPS) is 19.5. The van der Waals surface area contributed by atoms with Crippen molar-refractivity contribution in [2.24, 2.45) is 0 Å². The number of fused-ring (bicyclic) bond motifs is 1. The second-order valence-electron chi connectivity index (χ2n) is 8.33. The van der Waals surface area contributed by atoms with Crippen LogP contribution in [0.1, 0.15) is 33.4 Å². The largest absolute Gasteiger partial charge is 0.444 e. The lowest BCUT2D eigenvalue weighted by atomic mass is 10.2. The Kier molecular flexibility index (Phi) is 4.64. The van der Waals surface area contributed by atoms with Crippen LogP contribution in [0.4, 0.5) is 16.4 Å². The zero-order chi connectivity index (χ0) is 20.8. The summed E-state index contributed by atoms with van der Waals surface area (Å²) >= 11 is 0. The summed E-state index contributed by atoms with van der Waals surface area (Å²) < 4.78 is 7.41. The number of aromatic nitrogens is 4. The van der Waals surface area contributed by atoms with Gasteiger partial charge in [0.05, 0.1) is 36.7 Å². The molecule has 2 aromatic rings. The van der Waals surface area contributed by atoms with Crippen LogP contribution in [0, 0.1) is 0 Å². The van der Waals surface area contributed by atoms with Gasteiger partial charge in [0.15, 0.2) is 0 Å². The lowest BCUT2D eigenvalue weighted by molar-refractivity contribution is -0.116. The Bertz CT molecular complexity index is 922. The van der Waals surface area contributed by atoms with E-state index in [0.717, 1.165) is 5.69 Å². The van der Waals surface area contributed by atoms with E-state index in [4.69, 9.17) is 4.74 Å². The van der Waals surface area contributed by atoms with Gasteiger partial charge in [0.25, 0.3) is 0 Å². The third kappa shape index (κ3) is 3.74. The highest BCUT2D eigenvalue weighted by atomic mass is 16.6. The van der Waals surface area contributed by atoms with Crippen LogP contribution in [-0.2, 0) is 22.6 Å². The first kappa shape index (κ1) is 19.2. The average Bonchev–Trinajstić information content (AvgIpc) is 3.23. The topological polar surface area (TPSA) is 96.7 Å². The van der Waals surface area contributed by atoms with E-state index in [2.05, 4.69) is 15.1 Å². The van der Waals surface area contributed by atoms with E-state index in [1.54, 1.807) is 34.5 Å². The van der Waals surface area contributed by atoms with Gasteiger partial charge in [-0.15, -0.1) is 0 Å². The number of rotatable bonds is 2. The van der Waals surface area contributed by atoms with Gasteiger partial charge in [-0.25, -0.2) is 14.8 Å². The molecule has 0 bridgehead atoms. The molecular formula is C19H25N7O3. The number of nitrogens with zero attached hydrogens (tertiary/aromatic N) is 7. The molecule has 1 fully saturated rings. The maximum Gasteiger partial charge on any atom is 0.410 e. The SMILES string of the molecule is C[C@H]1Cn2ncc(N3CN(c4ncccn4)CC3=O)c2CN1C(=O)OC(C)(C)C. The molecule has 2 aromatic heterocycles. The summed E-state index contributed by atoms with van der Waals surface area (Å²) in [4.78, 5) is 39.0. The molecule has 154 valence electrons. The van der Waals surface area contributed by atoms with Crippen LogP contribution in [-0.4, -0.2) is 61.5 Å². The van der Waals surface area contributed by atoms with Crippen LogP contribution >= 0.6 is 0 Å². The predicted octanol–water partition coefficient (Wildman–Crippen LogP) is 1.62. The van der Waals surface area contributed by atoms with E-state index in [1.165, 1.54) is 0 Å². The van der Waals surface area contributed by atoms with Crippen molar-refractivity contribution in [3.8, 4) is 0 Å². The molecule has 10 heteroatoms. The van der Waals surface area contributed by atoms with E-state index < -0.39 is 5.60 Å². The summed E-state index contributed by atoms with van der Waals surface area (Å²) in [5.74, 6) is 0.448. The van der Waals surface area contributed by atoms with E-state index in [0.29, 0.717) is 31.4 Å². The minimum atomic E-state index is -0.571. The molecule has 2 amide bonds. The molecule has 0 N–H and O–H groups in total. The van der Waals surface area contributed by atoms with Crippen LogP contribution < -0.4 is 9.80 Å². The van der Waals surface area contributed by atoms with Crippen LogP contribution in [0.15, 0.2) is 24.7 Å². The van der Waals surface area contributed by atoms with Crippen molar-refractivity contribution < 1.29 is 14.3 Å². The number of anilines is 2. The molecule has 0 spiro atoms. The smallest absolute Gasteiger partial charge is 0.410 e. The Hall–Kier alpha value is -3.17. The van der Waals surface area contributed by atoms with Gasteiger partial charge in [0.1, 0.15) is 18.8 Å². The molecule has 4 heterocycles. The molecule has 1 atom stereocenters. The fraction of sp³-hybridized carbons (Fsp3) is 0.526. The van der Waals surface area contributed by atoms with Crippen molar-refractivity contribution in [3.05, 3.63) is 30.4 Å². The van der Waals surface area contributed by atoms with Crippen molar-refractivity contribution in [2.45, 2.75) is 52.4 Å². The van der Waals surface area contributed by atoms with Crippen LogP contribution in [0.2, 0.25) is 0 Å². The van der Waals surface area contributed by atoms with Crippen LogP contribution in [0.3, 0.4) is 0 Å². The Morgan fingerprint density at radius 2 is 1.93 bits per heavy atom. The fourth-order valence-corrected chi connectivity index (χ4v) is 3.52. The van der Waals surface area contributed by atoms with Gasteiger partial charge in [-0.2, -0.15) is 5.10 Å². The lowest BCUT2D eigenvalue weighted by Gasteiger charge is -2.36. The van der Waals surface area contributed by atoms with Crippen LogP contribution in [0.5, 0.6) is 0 Å². The molecule has 0 radical (unpaired) electrons. The van der Waals surface area contributed by atoms with E-state index in [1.807, 2.05) is 37.3 Å². The molecular weight excluding hydrogens is 374 g/mol. The highest BCUT2D eigenvalue weighted by Crippen LogP contribution is 2.30. The number of amides is 2. The van der Waals surface area contributed by atoms with Gasteiger partial charge in [-0.3, -0.25) is 19.3 Å². The highest BCUT2D eigenvalue weighted by Gasteiger charge is 2.37. The van der Waals surface area contributed by atoms with E-state index in [9.17, 15) is 9.59 Å². The van der Waals surface area contributed by atoms with Crippen molar-refractivity contribution in [1.29, 1.82) is 0 Å². The van der Waals surface area contributed by atoms with Gasteiger partial charge >= 0.3 is 6.09 Å². The van der Waals surface area contributed by atoms with E-state index >= 15 is 0 Å². The summed E-state index contributed by atoms with van der Waals surface area (Å²) in [5, 5.41) is 4.45. The second kappa shape index (κ2) is 7.02.